The molecule has 4 N–H and O–H groups in total. The molecule has 2 aromatic rings. The molecule has 0 radical (unpaired) electrons. The zero-order valence-corrected chi connectivity index (χ0v) is 23.1. The summed E-state index contributed by atoms with van der Waals surface area (Å²) in [6, 6.07) is 1.93. The number of hydrogen-bond acceptors (Lipinski definition) is 8. The molecule has 216 valence electrons. The minimum Gasteiger partial charge on any atom is -0.480 e. The summed E-state index contributed by atoms with van der Waals surface area (Å²) in [6.45, 7) is -0.139. The number of likely N-dealkylation sites (tertiary alicyclic amines) is 2. The van der Waals surface area contributed by atoms with E-state index >= 15 is 0 Å². The molecule has 2 aromatic heterocycles. The number of aliphatic carboxylic acids is 2. The van der Waals surface area contributed by atoms with Crippen molar-refractivity contribution in [3.8, 4) is 0 Å². The van der Waals surface area contributed by atoms with Crippen molar-refractivity contribution in [1.82, 2.24) is 24.4 Å². The fourth-order valence-corrected chi connectivity index (χ4v) is 7.34. The Hall–Kier alpha value is -3.76. The predicted molar refractivity (Wildman–Crippen MR) is 140 cm³/mol. The lowest BCUT2D eigenvalue weighted by Gasteiger charge is -2.26. The van der Waals surface area contributed by atoms with Gasteiger partial charge in [0.1, 0.15) is 22.0 Å². The molecule has 2 saturated heterocycles. The molecule has 0 aliphatic carbocycles. The van der Waals surface area contributed by atoms with E-state index in [-0.39, 0.29) is 36.6 Å². The van der Waals surface area contributed by atoms with Gasteiger partial charge >= 0.3 is 11.9 Å². The van der Waals surface area contributed by atoms with Gasteiger partial charge in [0.05, 0.1) is 6.04 Å². The maximum atomic E-state index is 13.0. The molecule has 0 bridgehead atoms. The molecule has 16 heteroatoms. The summed E-state index contributed by atoms with van der Waals surface area (Å²) in [5, 5.41) is 23.7. The molecule has 14 nitrogen and oxygen atoms in total. The summed E-state index contributed by atoms with van der Waals surface area (Å²) in [7, 11) is -2.22. The zero-order valence-electron chi connectivity index (χ0n) is 21.4. The highest BCUT2D eigenvalue weighted by molar-refractivity contribution is 7.91. The number of sulfonamides is 1. The van der Waals surface area contributed by atoms with Crippen molar-refractivity contribution >= 4 is 51.0 Å². The van der Waals surface area contributed by atoms with E-state index < -0.39 is 70.3 Å². The molecule has 0 spiro atoms. The Morgan fingerprint density at radius 2 is 1.73 bits per heavy atom. The van der Waals surface area contributed by atoms with Gasteiger partial charge in [-0.05, 0) is 36.4 Å². The number of aryl methyl sites for hydroxylation is 1. The third-order valence-corrected chi connectivity index (χ3v) is 9.92. The highest BCUT2D eigenvalue weighted by Gasteiger charge is 2.44. The summed E-state index contributed by atoms with van der Waals surface area (Å²) in [4.78, 5) is 64.4. The largest absolute Gasteiger partial charge is 0.480 e. The Bertz CT molecular complexity index is 1410. The van der Waals surface area contributed by atoms with Crippen molar-refractivity contribution in [3.05, 3.63) is 41.5 Å². The van der Waals surface area contributed by atoms with E-state index in [9.17, 15) is 42.6 Å². The van der Waals surface area contributed by atoms with E-state index in [1.165, 1.54) is 6.07 Å². The van der Waals surface area contributed by atoms with Gasteiger partial charge in [0.2, 0.25) is 21.8 Å². The number of nitrogens with zero attached hydrogens (tertiary/aromatic N) is 3. The van der Waals surface area contributed by atoms with Crippen molar-refractivity contribution in [2.75, 3.05) is 13.1 Å². The number of thiophene rings is 1. The van der Waals surface area contributed by atoms with E-state index in [0.717, 1.165) is 21.1 Å². The van der Waals surface area contributed by atoms with Crippen LogP contribution in [-0.2, 0) is 36.2 Å². The number of carboxylic acids is 2. The number of carbonyl (C=O) groups is 5. The van der Waals surface area contributed by atoms with Crippen LogP contribution in [0.3, 0.4) is 0 Å². The van der Waals surface area contributed by atoms with Crippen molar-refractivity contribution < 1.29 is 42.6 Å². The lowest BCUT2D eigenvalue weighted by Crippen LogP contribution is -2.51. The normalized spacial score (nSPS) is 22.8. The SMILES string of the molecule is Cn1cccc1C(=O)NC1CCN(C(=O)CCC(=O)N2CC(NS(=O)(=O)c3cccs3)CC2C(=O)O)C1C(=O)O. The Morgan fingerprint density at radius 3 is 2.30 bits per heavy atom. The number of nitrogens with one attached hydrogen (secondary N) is 2. The van der Waals surface area contributed by atoms with E-state index in [0.29, 0.717) is 5.69 Å². The Morgan fingerprint density at radius 1 is 1.02 bits per heavy atom. The average Bonchev–Trinajstić information content (AvgIpc) is 3.68. The van der Waals surface area contributed by atoms with Crippen LogP contribution in [0, 0.1) is 0 Å². The van der Waals surface area contributed by atoms with Crippen LogP contribution in [-0.4, -0.2) is 99.9 Å². The maximum Gasteiger partial charge on any atom is 0.328 e. The molecule has 0 saturated carbocycles. The molecular weight excluding hydrogens is 566 g/mol. The van der Waals surface area contributed by atoms with E-state index in [1.807, 2.05) is 0 Å². The van der Waals surface area contributed by atoms with E-state index in [4.69, 9.17) is 0 Å². The minimum atomic E-state index is -3.89. The van der Waals surface area contributed by atoms with Gasteiger partial charge in [0.25, 0.3) is 5.91 Å². The van der Waals surface area contributed by atoms with Gasteiger partial charge in [-0.2, -0.15) is 0 Å². The first-order valence-corrected chi connectivity index (χ1v) is 14.8. The second kappa shape index (κ2) is 11.8. The smallest absolute Gasteiger partial charge is 0.328 e. The van der Waals surface area contributed by atoms with Gasteiger partial charge in [0, 0.05) is 45.2 Å². The van der Waals surface area contributed by atoms with Crippen LogP contribution in [0.5, 0.6) is 0 Å². The number of hydrogen-bond donors (Lipinski definition) is 4. The van der Waals surface area contributed by atoms with Crippen molar-refractivity contribution in [1.29, 1.82) is 0 Å². The number of amides is 3. The molecule has 2 aliphatic heterocycles. The van der Waals surface area contributed by atoms with Crippen LogP contribution in [0.15, 0.2) is 40.1 Å². The number of rotatable bonds is 10. The van der Waals surface area contributed by atoms with Gasteiger partial charge in [-0.25, -0.2) is 22.7 Å². The highest BCUT2D eigenvalue weighted by atomic mass is 32.2. The Balaban J connectivity index is 1.36. The summed E-state index contributed by atoms with van der Waals surface area (Å²) in [5.41, 5.74) is 0.328. The number of carboxylic acid groups (broad SMARTS) is 2. The minimum absolute atomic E-state index is 0.0517. The average molecular weight is 596 g/mol. The van der Waals surface area contributed by atoms with E-state index in [1.54, 1.807) is 41.4 Å². The first kappa shape index (κ1) is 29.2. The predicted octanol–water partition coefficient (Wildman–Crippen LogP) is -0.317. The monoisotopic (exact) mass is 595 g/mol. The zero-order chi connectivity index (χ0) is 29.2. The molecule has 4 heterocycles. The second-order valence-corrected chi connectivity index (χ2v) is 12.5. The maximum absolute atomic E-state index is 13.0. The first-order chi connectivity index (χ1) is 18.9. The summed E-state index contributed by atoms with van der Waals surface area (Å²) < 4.78 is 29.2. The van der Waals surface area contributed by atoms with Crippen LogP contribution in [0.2, 0.25) is 0 Å². The molecule has 2 fully saturated rings. The highest BCUT2D eigenvalue weighted by Crippen LogP contribution is 2.25. The van der Waals surface area contributed by atoms with Crippen LogP contribution in [0.1, 0.15) is 36.2 Å². The molecule has 0 aromatic carbocycles. The van der Waals surface area contributed by atoms with Gasteiger partial charge in [-0.1, -0.05) is 6.07 Å². The van der Waals surface area contributed by atoms with Crippen molar-refractivity contribution in [3.63, 3.8) is 0 Å². The molecule has 2 aliphatic rings. The standard InChI is InChI=1S/C24H29N5O9S2/c1-27-9-2-4-16(27)22(32)25-15-8-10-28(21(15)24(35)36)18(30)6-7-19(31)29-13-14(12-17(29)23(33)34)26-40(37,38)20-5-3-11-39-20/h2-5,9,11,14-15,17,21,26H,6-8,10,12-13H2,1H3,(H,25,32)(H,33,34)(H,35,36). The van der Waals surface area contributed by atoms with Gasteiger partial charge in [0.15, 0.2) is 0 Å². The summed E-state index contributed by atoms with van der Waals surface area (Å²) in [6.07, 6.45) is 0.953. The fraction of sp³-hybridized carbons (Fsp3) is 0.458. The third-order valence-electron chi connectivity index (χ3n) is 7.01. The third kappa shape index (κ3) is 6.18. The molecular formula is C24H29N5O9S2. The van der Waals surface area contributed by atoms with Gasteiger partial charge < -0.3 is 29.9 Å². The molecule has 4 atom stereocenters. The number of carbonyl (C=O) groups excluding carboxylic acids is 3. The molecule has 3 amide bonds. The van der Waals surface area contributed by atoms with Crippen LogP contribution < -0.4 is 10.0 Å². The quantitative estimate of drug-likeness (QED) is 0.285. The Kier molecular flexibility index (Phi) is 8.60. The lowest BCUT2D eigenvalue weighted by molar-refractivity contribution is -0.150. The summed E-state index contributed by atoms with van der Waals surface area (Å²) >= 11 is 1.00. The molecule has 4 rings (SSSR count). The second-order valence-electron chi connectivity index (χ2n) is 9.63. The Labute approximate surface area is 233 Å². The topological polar surface area (TPSA) is 195 Å². The van der Waals surface area contributed by atoms with Gasteiger partial charge in [-0.15, -0.1) is 11.3 Å². The van der Waals surface area contributed by atoms with Crippen LogP contribution in [0.25, 0.3) is 0 Å². The lowest BCUT2D eigenvalue weighted by atomic mass is 10.1. The molecule has 40 heavy (non-hydrogen) atoms. The fourth-order valence-electron chi connectivity index (χ4n) is 5.09. The number of aromatic nitrogens is 1. The van der Waals surface area contributed by atoms with Gasteiger partial charge in [-0.3, -0.25) is 14.4 Å². The summed E-state index contributed by atoms with van der Waals surface area (Å²) in [5.74, 6) is -4.39. The van der Waals surface area contributed by atoms with E-state index in [2.05, 4.69) is 10.0 Å². The molecule has 4 unspecified atom stereocenters. The van der Waals surface area contributed by atoms with Crippen LogP contribution >= 0.6 is 11.3 Å². The van der Waals surface area contributed by atoms with Crippen LogP contribution in [0.4, 0.5) is 0 Å². The van der Waals surface area contributed by atoms with Crippen molar-refractivity contribution in [2.45, 2.75) is 54.1 Å². The van der Waals surface area contributed by atoms with Crippen molar-refractivity contribution in [2.24, 2.45) is 7.05 Å². The first-order valence-electron chi connectivity index (χ1n) is 12.4.